The van der Waals surface area contributed by atoms with Crippen LogP contribution in [0.5, 0.6) is 0 Å². The van der Waals surface area contributed by atoms with Gasteiger partial charge < -0.3 is 9.80 Å². The monoisotopic (exact) mass is 980 g/mol. The van der Waals surface area contributed by atoms with Crippen molar-refractivity contribution in [3.8, 4) is 44.5 Å². The van der Waals surface area contributed by atoms with Crippen molar-refractivity contribution in [1.82, 2.24) is 0 Å². The summed E-state index contributed by atoms with van der Waals surface area (Å²) >= 11 is 0. The van der Waals surface area contributed by atoms with Gasteiger partial charge in [-0.25, -0.2) is 0 Å². The molecule has 2 spiro atoms. The molecule has 0 saturated carbocycles. The van der Waals surface area contributed by atoms with Crippen LogP contribution < -0.4 is 26.2 Å². The first kappa shape index (κ1) is 43.3. The van der Waals surface area contributed by atoms with E-state index >= 15 is 0 Å². The van der Waals surface area contributed by atoms with E-state index in [0.717, 1.165) is 5.69 Å². The lowest BCUT2D eigenvalue weighted by Crippen LogP contribution is -2.61. The number of para-hydroxylation sites is 1. The lowest BCUT2D eigenvalue weighted by molar-refractivity contribution is 0.590. The first-order valence-corrected chi connectivity index (χ1v) is 27.5. The number of benzene rings is 11. The Labute approximate surface area is 451 Å². The summed E-state index contributed by atoms with van der Waals surface area (Å²) in [5.74, 6) is 0. The number of nitrogens with zero attached hydrogens (tertiary/aromatic N) is 2. The molecule has 0 unspecified atom stereocenters. The maximum absolute atomic E-state index is 2.70. The van der Waals surface area contributed by atoms with Crippen LogP contribution in [0, 0.1) is 13.8 Å². The third kappa shape index (κ3) is 5.32. The lowest BCUT2D eigenvalue weighted by Gasteiger charge is -2.45. The van der Waals surface area contributed by atoms with Gasteiger partial charge >= 0.3 is 0 Å². The Kier molecular flexibility index (Phi) is 8.40. The standard InChI is InChI=1S/C74H53BN2/c1-44-31-36-54-56-41-68-66(43-64(56)74(62(54)37-44)59-28-16-11-23-51(59)52-24-12-17-29-60(52)74)75-65-42-63-55(53-25-13-18-30-61(53)73(63)57-26-14-9-21-49(57)50-22-10-15-27-58(50)73)40-67(65)76(47-19-7-6-8-20-47)69-38-45(2)39-70(71(69)75)77(68)48-34-32-46(33-35-48)72(3,4)5/h6-43H,1-5H3. The highest BCUT2D eigenvalue weighted by Crippen LogP contribution is 2.66. The molecule has 0 amide bonds. The zero-order valence-electron chi connectivity index (χ0n) is 43.9. The van der Waals surface area contributed by atoms with Crippen LogP contribution in [0.4, 0.5) is 34.1 Å². The molecule has 0 radical (unpaired) electrons. The van der Waals surface area contributed by atoms with Crippen molar-refractivity contribution < 1.29 is 0 Å². The Morgan fingerprint density at radius 3 is 1.14 bits per heavy atom. The molecule has 2 heterocycles. The molecule has 6 aliphatic rings. The molecule has 0 saturated heterocycles. The molecule has 0 fully saturated rings. The molecule has 11 aromatic rings. The Bertz CT molecular complexity index is 4330. The van der Waals surface area contributed by atoms with Gasteiger partial charge in [0.1, 0.15) is 0 Å². The smallest absolute Gasteiger partial charge is 0.252 e. The maximum atomic E-state index is 2.70. The van der Waals surface area contributed by atoms with Crippen molar-refractivity contribution in [2.75, 3.05) is 9.80 Å². The van der Waals surface area contributed by atoms with Gasteiger partial charge in [-0.2, -0.15) is 0 Å². The second kappa shape index (κ2) is 14.9. The van der Waals surface area contributed by atoms with Crippen molar-refractivity contribution in [1.29, 1.82) is 0 Å². The molecule has 77 heavy (non-hydrogen) atoms. The second-order valence-electron chi connectivity index (χ2n) is 23.6. The summed E-state index contributed by atoms with van der Waals surface area (Å²) in [5.41, 5.74) is 35.5. The molecule has 3 heteroatoms. The summed E-state index contributed by atoms with van der Waals surface area (Å²) in [4.78, 5) is 5.23. The molecular weight excluding hydrogens is 928 g/mol. The molecule has 2 nitrogen and oxygen atoms in total. The third-order valence-corrected chi connectivity index (χ3v) is 18.7. The largest absolute Gasteiger partial charge is 0.311 e. The van der Waals surface area contributed by atoms with Crippen LogP contribution in [0.15, 0.2) is 231 Å². The van der Waals surface area contributed by atoms with Crippen LogP contribution in [0.1, 0.15) is 82.0 Å². The molecule has 0 bridgehead atoms. The SMILES string of the molecule is Cc1cc2c3c(c1)N(c1ccc(C(C)(C)C)cc1)c1cc4c(cc1B3c1cc3c(cc1N2c1ccccc1)-c1ccccc1C31c2ccccc2-c2ccccc21)C1(c2ccccc2-c2ccccc21)c1cc(C)ccc1-4. The van der Waals surface area contributed by atoms with Crippen LogP contribution in [-0.2, 0) is 16.2 Å². The van der Waals surface area contributed by atoms with Gasteiger partial charge in [-0.1, -0.05) is 208 Å². The first-order chi connectivity index (χ1) is 37.7. The number of hydrogen-bond donors (Lipinski definition) is 0. The van der Waals surface area contributed by atoms with Crippen LogP contribution in [0.25, 0.3) is 44.5 Å². The Balaban J connectivity index is 1.03. The van der Waals surface area contributed by atoms with E-state index in [1.54, 1.807) is 0 Å². The molecular formula is C74H53BN2. The van der Waals surface area contributed by atoms with E-state index in [1.807, 2.05) is 0 Å². The van der Waals surface area contributed by atoms with Crippen LogP contribution >= 0.6 is 0 Å². The molecule has 11 aromatic carbocycles. The highest BCUT2D eigenvalue weighted by Gasteiger charge is 2.56. The van der Waals surface area contributed by atoms with Crippen molar-refractivity contribution in [3.05, 3.63) is 292 Å². The first-order valence-electron chi connectivity index (χ1n) is 27.5. The topological polar surface area (TPSA) is 6.48 Å². The van der Waals surface area contributed by atoms with E-state index in [1.165, 1.54) is 151 Å². The lowest BCUT2D eigenvalue weighted by atomic mass is 9.33. The van der Waals surface area contributed by atoms with E-state index in [9.17, 15) is 0 Å². The normalized spacial score (nSPS) is 15.2. The van der Waals surface area contributed by atoms with Crippen molar-refractivity contribution in [2.45, 2.75) is 50.9 Å². The molecule has 17 rings (SSSR count). The predicted molar refractivity (Wildman–Crippen MR) is 321 cm³/mol. The van der Waals surface area contributed by atoms with E-state index in [4.69, 9.17) is 0 Å². The zero-order chi connectivity index (χ0) is 51.3. The molecule has 0 N–H and O–H groups in total. The molecule has 0 aromatic heterocycles. The van der Waals surface area contributed by atoms with Crippen LogP contribution in [0.2, 0.25) is 0 Å². The molecule has 362 valence electrons. The minimum Gasteiger partial charge on any atom is -0.311 e. The average molecular weight is 981 g/mol. The highest BCUT2D eigenvalue weighted by atomic mass is 15.2. The fourth-order valence-corrected chi connectivity index (χ4v) is 15.7. The fraction of sp³-hybridized carbons (Fsp3) is 0.108. The summed E-state index contributed by atoms with van der Waals surface area (Å²) < 4.78 is 0. The van der Waals surface area contributed by atoms with Gasteiger partial charge in [0.15, 0.2) is 0 Å². The zero-order valence-corrected chi connectivity index (χ0v) is 43.9. The quantitative estimate of drug-likeness (QED) is 0.159. The van der Waals surface area contributed by atoms with Gasteiger partial charge in [-0.05, 0) is 184 Å². The van der Waals surface area contributed by atoms with Crippen molar-refractivity contribution in [3.63, 3.8) is 0 Å². The molecule has 0 atom stereocenters. The molecule has 4 aliphatic carbocycles. The van der Waals surface area contributed by atoms with Gasteiger partial charge in [0.25, 0.3) is 6.71 Å². The van der Waals surface area contributed by atoms with Gasteiger partial charge in [-0.3, -0.25) is 0 Å². The van der Waals surface area contributed by atoms with E-state index in [-0.39, 0.29) is 12.1 Å². The van der Waals surface area contributed by atoms with Gasteiger partial charge in [0, 0.05) is 34.1 Å². The second-order valence-corrected chi connectivity index (χ2v) is 23.6. The summed E-state index contributed by atoms with van der Waals surface area (Å²) in [6, 6.07) is 89.6. The van der Waals surface area contributed by atoms with E-state index < -0.39 is 10.8 Å². The Morgan fingerprint density at radius 2 is 0.688 bits per heavy atom. The number of hydrogen-bond acceptors (Lipinski definition) is 2. The summed E-state index contributed by atoms with van der Waals surface area (Å²) in [7, 11) is 0. The Morgan fingerprint density at radius 1 is 0.312 bits per heavy atom. The van der Waals surface area contributed by atoms with E-state index in [0.29, 0.717) is 0 Å². The predicted octanol–water partition coefficient (Wildman–Crippen LogP) is 16.4. The number of aryl methyl sites for hydroxylation is 2. The number of rotatable bonds is 2. The number of fused-ring (bicyclic) bond motifs is 24. The minimum absolute atomic E-state index is 0.00823. The number of anilines is 6. The fourth-order valence-electron chi connectivity index (χ4n) is 15.7. The van der Waals surface area contributed by atoms with E-state index in [2.05, 4.69) is 275 Å². The minimum atomic E-state index is -0.511. The highest BCUT2D eigenvalue weighted by molar-refractivity contribution is 7.00. The average Bonchev–Trinajstić information content (AvgIpc) is 2.80. The van der Waals surface area contributed by atoms with Crippen LogP contribution in [0.3, 0.4) is 0 Å². The third-order valence-electron chi connectivity index (χ3n) is 18.7. The van der Waals surface area contributed by atoms with Crippen molar-refractivity contribution >= 4 is 57.2 Å². The van der Waals surface area contributed by atoms with Gasteiger partial charge in [-0.15, -0.1) is 0 Å². The van der Waals surface area contributed by atoms with Gasteiger partial charge in [0.2, 0.25) is 0 Å². The summed E-state index contributed by atoms with van der Waals surface area (Å²) in [6.45, 7) is 11.4. The summed E-state index contributed by atoms with van der Waals surface area (Å²) in [6.07, 6.45) is 0. The van der Waals surface area contributed by atoms with Gasteiger partial charge in [0.05, 0.1) is 10.8 Å². The maximum Gasteiger partial charge on any atom is 0.252 e. The molecule has 2 aliphatic heterocycles. The summed E-state index contributed by atoms with van der Waals surface area (Å²) in [5, 5.41) is 0. The van der Waals surface area contributed by atoms with Crippen molar-refractivity contribution in [2.24, 2.45) is 0 Å². The van der Waals surface area contributed by atoms with Crippen LogP contribution in [-0.4, -0.2) is 6.71 Å². The Hall–Kier alpha value is -8.92.